The molecule has 142 valence electrons. The van der Waals surface area contributed by atoms with Gasteiger partial charge in [0.25, 0.3) is 0 Å². The maximum atomic E-state index is 12.1. The van der Waals surface area contributed by atoms with Crippen LogP contribution in [0.2, 0.25) is 58.9 Å². The lowest BCUT2D eigenvalue weighted by molar-refractivity contribution is -0.139. The lowest BCUT2D eigenvalue weighted by Gasteiger charge is -2.26. The van der Waals surface area contributed by atoms with Gasteiger partial charge in [0.05, 0.1) is 13.1 Å². The van der Waals surface area contributed by atoms with E-state index in [4.69, 9.17) is 13.3 Å². The fourth-order valence-electron chi connectivity index (χ4n) is 1.81. The Kier molecular flexibility index (Phi) is 9.09. The third-order valence-electron chi connectivity index (χ3n) is 2.49. The first-order valence-corrected chi connectivity index (χ1v) is 18.6. The number of nitrogens with zero attached hydrogens (tertiary/aromatic N) is 1. The number of carbonyl (C=O) groups excluding carboxylic acids is 2. The molecular formula is C15H35NO5Si3. The van der Waals surface area contributed by atoms with Gasteiger partial charge in [-0.25, -0.2) is 0 Å². The molecule has 6 nitrogen and oxygen atoms in total. The average molecular weight is 394 g/mol. The minimum atomic E-state index is -1.94. The zero-order valence-corrected chi connectivity index (χ0v) is 19.8. The van der Waals surface area contributed by atoms with E-state index in [0.29, 0.717) is 13.2 Å². The van der Waals surface area contributed by atoms with Crippen LogP contribution in [0.5, 0.6) is 0 Å². The van der Waals surface area contributed by atoms with Crippen molar-refractivity contribution in [2.45, 2.75) is 58.9 Å². The van der Waals surface area contributed by atoms with Gasteiger partial charge in [-0.15, -0.1) is 0 Å². The topological polar surface area (TPSA) is 65.1 Å². The molecule has 0 aromatic heterocycles. The molecule has 0 bridgehead atoms. The minimum Gasteiger partial charge on any atom is -0.519 e. The van der Waals surface area contributed by atoms with E-state index in [9.17, 15) is 9.59 Å². The first-order chi connectivity index (χ1) is 10.6. The van der Waals surface area contributed by atoms with Crippen LogP contribution in [0.15, 0.2) is 0 Å². The van der Waals surface area contributed by atoms with E-state index in [1.54, 1.807) is 4.90 Å². The molecule has 0 aromatic carbocycles. The lowest BCUT2D eigenvalue weighted by atomic mass is 10.4. The Bertz CT molecular complexity index is 394. The molecule has 0 N–H and O–H groups in total. The summed E-state index contributed by atoms with van der Waals surface area (Å²) in [5.74, 6) is -0.578. The van der Waals surface area contributed by atoms with E-state index in [0.717, 1.165) is 0 Å². The first kappa shape index (κ1) is 23.5. The molecule has 0 saturated carbocycles. The van der Waals surface area contributed by atoms with Crippen molar-refractivity contribution in [3.8, 4) is 0 Å². The second-order valence-corrected chi connectivity index (χ2v) is 22.2. The predicted molar refractivity (Wildman–Crippen MR) is 105 cm³/mol. The Morgan fingerprint density at radius 3 is 1.38 bits per heavy atom. The van der Waals surface area contributed by atoms with Crippen molar-refractivity contribution in [2.24, 2.45) is 0 Å². The molecule has 0 aliphatic carbocycles. The second-order valence-electron chi connectivity index (χ2n) is 8.84. The van der Waals surface area contributed by atoms with Gasteiger partial charge in [-0.2, -0.15) is 0 Å². The molecule has 0 rings (SSSR count). The summed E-state index contributed by atoms with van der Waals surface area (Å²) in [5, 5.41) is 0. The zero-order chi connectivity index (χ0) is 19.2. The highest BCUT2D eigenvalue weighted by Gasteiger charge is 2.25. The smallest absolute Gasteiger partial charge is 0.306 e. The number of rotatable bonds is 10. The van der Waals surface area contributed by atoms with Crippen LogP contribution in [0.1, 0.15) is 0 Å². The molecule has 0 saturated heterocycles. The van der Waals surface area contributed by atoms with Gasteiger partial charge in [-0.05, 0) is 58.9 Å². The lowest BCUT2D eigenvalue weighted by Crippen LogP contribution is -2.43. The van der Waals surface area contributed by atoms with Crippen LogP contribution in [-0.4, -0.2) is 68.0 Å². The minimum absolute atomic E-state index is 0.0835. The van der Waals surface area contributed by atoms with E-state index >= 15 is 0 Å². The van der Waals surface area contributed by atoms with Gasteiger partial charge >= 0.3 is 11.9 Å². The summed E-state index contributed by atoms with van der Waals surface area (Å²) in [6.45, 7) is 19.3. The highest BCUT2D eigenvalue weighted by molar-refractivity contribution is 6.71. The van der Waals surface area contributed by atoms with Crippen molar-refractivity contribution in [3.63, 3.8) is 0 Å². The van der Waals surface area contributed by atoms with Gasteiger partial charge in [0.15, 0.2) is 8.32 Å². The predicted octanol–water partition coefficient (Wildman–Crippen LogP) is 2.90. The molecule has 0 aromatic rings. The van der Waals surface area contributed by atoms with Gasteiger partial charge in [0.1, 0.15) is 0 Å². The van der Waals surface area contributed by atoms with Crippen LogP contribution in [0, 0.1) is 0 Å². The van der Waals surface area contributed by atoms with Crippen molar-refractivity contribution in [1.29, 1.82) is 0 Å². The van der Waals surface area contributed by atoms with Crippen molar-refractivity contribution in [2.75, 3.05) is 26.2 Å². The largest absolute Gasteiger partial charge is 0.519 e. The highest BCUT2D eigenvalue weighted by Crippen LogP contribution is 2.07. The Balaban J connectivity index is 4.70. The van der Waals surface area contributed by atoms with Crippen LogP contribution in [0.25, 0.3) is 0 Å². The molecule has 0 atom stereocenters. The Morgan fingerprint density at radius 2 is 1.08 bits per heavy atom. The summed E-state index contributed by atoms with van der Waals surface area (Å²) >= 11 is 0. The third kappa shape index (κ3) is 15.1. The van der Waals surface area contributed by atoms with E-state index < -0.39 is 25.0 Å². The van der Waals surface area contributed by atoms with E-state index in [1.807, 2.05) is 39.3 Å². The molecule has 0 amide bonds. The van der Waals surface area contributed by atoms with Crippen molar-refractivity contribution in [1.82, 2.24) is 4.90 Å². The molecular weight excluding hydrogens is 358 g/mol. The third-order valence-corrected chi connectivity index (χ3v) is 5.24. The number of hydrogen-bond acceptors (Lipinski definition) is 6. The van der Waals surface area contributed by atoms with Crippen LogP contribution >= 0.6 is 0 Å². The molecule has 0 unspecified atom stereocenters. The van der Waals surface area contributed by atoms with Gasteiger partial charge in [-0.3, -0.25) is 14.5 Å². The SMILES string of the molecule is C[Si](C)(C)OCCN(CC(=O)O[Si](C)(C)C)CC(=O)O[Si](C)(C)C. The van der Waals surface area contributed by atoms with Crippen LogP contribution in [0.3, 0.4) is 0 Å². The van der Waals surface area contributed by atoms with Crippen LogP contribution < -0.4 is 0 Å². The summed E-state index contributed by atoms with van der Waals surface area (Å²) in [7, 11) is -5.50. The molecule has 0 aliphatic heterocycles. The summed E-state index contributed by atoms with van der Waals surface area (Å²) in [5.41, 5.74) is 0. The van der Waals surface area contributed by atoms with Crippen molar-refractivity contribution < 1.29 is 22.9 Å². The van der Waals surface area contributed by atoms with Gasteiger partial charge < -0.3 is 13.3 Å². The Hall–Kier alpha value is -0.489. The van der Waals surface area contributed by atoms with Crippen LogP contribution in [-0.2, 0) is 22.9 Å². The fourth-order valence-corrected chi connectivity index (χ4v) is 4.01. The molecule has 0 fully saturated rings. The normalized spacial score (nSPS) is 13.1. The summed E-state index contributed by atoms with van der Waals surface area (Å²) in [6.07, 6.45) is 0. The van der Waals surface area contributed by atoms with Gasteiger partial charge in [-0.1, -0.05) is 0 Å². The van der Waals surface area contributed by atoms with E-state index in [2.05, 4.69) is 19.6 Å². The second kappa shape index (κ2) is 9.28. The van der Waals surface area contributed by atoms with Gasteiger partial charge in [0, 0.05) is 13.2 Å². The Labute approximate surface area is 150 Å². The number of hydrogen-bond donors (Lipinski definition) is 0. The van der Waals surface area contributed by atoms with E-state index in [-0.39, 0.29) is 25.0 Å². The van der Waals surface area contributed by atoms with Crippen LogP contribution in [0.4, 0.5) is 0 Å². The molecule has 0 radical (unpaired) electrons. The molecule has 0 aliphatic rings. The first-order valence-electron chi connectivity index (χ1n) is 8.37. The van der Waals surface area contributed by atoms with Gasteiger partial charge in [0.2, 0.25) is 16.6 Å². The quantitative estimate of drug-likeness (QED) is 0.532. The highest BCUT2D eigenvalue weighted by atomic mass is 28.4. The van der Waals surface area contributed by atoms with E-state index in [1.165, 1.54) is 0 Å². The Morgan fingerprint density at radius 1 is 0.708 bits per heavy atom. The molecule has 0 heterocycles. The monoisotopic (exact) mass is 393 g/mol. The maximum absolute atomic E-state index is 12.1. The maximum Gasteiger partial charge on any atom is 0.306 e. The molecule has 9 heteroatoms. The van der Waals surface area contributed by atoms with Crippen molar-refractivity contribution >= 4 is 36.9 Å². The zero-order valence-electron chi connectivity index (χ0n) is 16.8. The standard InChI is InChI=1S/C15H35NO5Si3/c1-22(2,3)19-11-10-16(12-14(17)20-23(4,5)6)13-15(18)21-24(7,8)9/h10-13H2,1-9H3. The number of carbonyl (C=O) groups is 2. The summed E-state index contributed by atoms with van der Waals surface area (Å²) in [4.78, 5) is 25.9. The summed E-state index contributed by atoms with van der Waals surface area (Å²) < 4.78 is 16.8. The summed E-state index contributed by atoms with van der Waals surface area (Å²) in [6, 6.07) is 0. The fraction of sp³-hybridized carbons (Fsp3) is 0.867. The average Bonchev–Trinajstić information content (AvgIpc) is 2.20. The van der Waals surface area contributed by atoms with Crippen molar-refractivity contribution in [3.05, 3.63) is 0 Å². The molecule has 24 heavy (non-hydrogen) atoms. The molecule has 0 spiro atoms.